The topological polar surface area (TPSA) is 63.8 Å². The average molecular weight is 220 g/mol. The Morgan fingerprint density at radius 2 is 2.33 bits per heavy atom. The molecule has 78 valence electrons. The first-order valence-electron chi connectivity index (χ1n) is 4.63. The molecule has 0 saturated carbocycles. The van der Waals surface area contributed by atoms with Crippen LogP contribution in [-0.2, 0) is 6.42 Å². The second kappa shape index (κ2) is 4.97. The molecular weight excluding hydrogens is 208 g/mol. The van der Waals surface area contributed by atoms with Crippen LogP contribution in [0, 0.1) is 0 Å². The van der Waals surface area contributed by atoms with Crippen molar-refractivity contribution in [3.63, 3.8) is 0 Å². The van der Waals surface area contributed by atoms with Crippen LogP contribution in [0.1, 0.15) is 16.5 Å². The Balaban J connectivity index is 2.12. The molecule has 0 amide bonds. The molecule has 0 bridgehead atoms. The molecule has 1 unspecified atom stereocenters. The van der Waals surface area contributed by atoms with Crippen LogP contribution >= 0.6 is 11.3 Å². The van der Waals surface area contributed by atoms with E-state index in [1.165, 1.54) is 4.88 Å². The van der Waals surface area contributed by atoms with Gasteiger partial charge in [-0.15, -0.1) is 11.3 Å². The van der Waals surface area contributed by atoms with E-state index in [4.69, 9.17) is 5.84 Å². The van der Waals surface area contributed by atoms with E-state index < -0.39 is 0 Å². The zero-order valence-electron chi connectivity index (χ0n) is 8.13. The highest BCUT2D eigenvalue weighted by atomic mass is 32.1. The number of hydrogen-bond donors (Lipinski definition) is 2. The summed E-state index contributed by atoms with van der Waals surface area (Å²) in [5.41, 5.74) is 5.71. The van der Waals surface area contributed by atoms with Gasteiger partial charge in [0.2, 0.25) is 0 Å². The monoisotopic (exact) mass is 220 g/mol. The lowest BCUT2D eigenvalue weighted by molar-refractivity contribution is 0.553. The zero-order chi connectivity index (χ0) is 10.5. The van der Waals surface area contributed by atoms with E-state index in [2.05, 4.69) is 15.4 Å². The molecule has 0 aromatic carbocycles. The second-order valence-corrected chi connectivity index (χ2v) is 4.15. The first kappa shape index (κ1) is 10.2. The summed E-state index contributed by atoms with van der Waals surface area (Å²) in [5, 5.41) is 0. The molecular formula is C10H12N4S. The summed E-state index contributed by atoms with van der Waals surface area (Å²) in [6.45, 7) is 0. The van der Waals surface area contributed by atoms with Gasteiger partial charge >= 0.3 is 0 Å². The fourth-order valence-electron chi connectivity index (χ4n) is 1.40. The highest BCUT2D eigenvalue weighted by Crippen LogP contribution is 2.18. The molecule has 5 heteroatoms. The van der Waals surface area contributed by atoms with Crippen LogP contribution in [0.5, 0.6) is 0 Å². The van der Waals surface area contributed by atoms with Gasteiger partial charge in [0.15, 0.2) is 0 Å². The summed E-state index contributed by atoms with van der Waals surface area (Å²) < 4.78 is 0. The third-order valence-corrected chi connectivity index (χ3v) is 2.98. The summed E-state index contributed by atoms with van der Waals surface area (Å²) in [6.07, 6.45) is 6.29. The van der Waals surface area contributed by atoms with Crippen LogP contribution in [0.2, 0.25) is 0 Å². The number of thiazole rings is 1. The highest BCUT2D eigenvalue weighted by molar-refractivity contribution is 7.09. The molecule has 4 nitrogen and oxygen atoms in total. The number of nitrogens with zero attached hydrogens (tertiary/aromatic N) is 2. The molecule has 2 aromatic heterocycles. The molecule has 1 atom stereocenters. The Morgan fingerprint density at radius 3 is 2.93 bits per heavy atom. The first-order chi connectivity index (χ1) is 7.40. The van der Waals surface area contributed by atoms with Crippen LogP contribution in [0.25, 0.3) is 0 Å². The van der Waals surface area contributed by atoms with Crippen LogP contribution in [0.15, 0.2) is 36.2 Å². The Kier molecular flexibility index (Phi) is 3.39. The minimum atomic E-state index is 0.0964. The van der Waals surface area contributed by atoms with Crippen molar-refractivity contribution in [2.45, 2.75) is 12.5 Å². The van der Waals surface area contributed by atoms with Crippen molar-refractivity contribution in [3.05, 3.63) is 46.7 Å². The summed E-state index contributed by atoms with van der Waals surface area (Å²) >= 11 is 1.63. The largest absolute Gasteiger partial charge is 0.271 e. The molecule has 2 heterocycles. The molecule has 2 rings (SSSR count). The molecule has 0 aliphatic heterocycles. The van der Waals surface area contributed by atoms with Crippen molar-refractivity contribution in [1.29, 1.82) is 0 Å². The highest BCUT2D eigenvalue weighted by Gasteiger charge is 2.10. The molecule has 2 aromatic rings. The molecule has 0 aliphatic rings. The Bertz CT molecular complexity index is 387. The predicted octanol–water partition coefficient (Wildman–Crippen LogP) is 1.29. The van der Waals surface area contributed by atoms with Gasteiger partial charge < -0.3 is 0 Å². The lowest BCUT2D eigenvalue weighted by Crippen LogP contribution is -2.29. The second-order valence-electron chi connectivity index (χ2n) is 3.18. The minimum Gasteiger partial charge on any atom is -0.271 e. The SMILES string of the molecule is NNC(Cc1cncs1)c1cccnc1. The van der Waals surface area contributed by atoms with E-state index in [-0.39, 0.29) is 6.04 Å². The van der Waals surface area contributed by atoms with E-state index in [9.17, 15) is 0 Å². The maximum atomic E-state index is 5.53. The quantitative estimate of drug-likeness (QED) is 0.602. The molecule has 0 radical (unpaired) electrons. The van der Waals surface area contributed by atoms with Crippen molar-refractivity contribution in [2.24, 2.45) is 5.84 Å². The lowest BCUT2D eigenvalue weighted by Gasteiger charge is -2.14. The van der Waals surface area contributed by atoms with E-state index in [1.54, 1.807) is 17.5 Å². The van der Waals surface area contributed by atoms with E-state index in [0.29, 0.717) is 0 Å². The molecule has 0 fully saturated rings. The predicted molar refractivity (Wildman–Crippen MR) is 60.1 cm³/mol. The molecule has 15 heavy (non-hydrogen) atoms. The van der Waals surface area contributed by atoms with E-state index in [1.807, 2.05) is 30.0 Å². The fraction of sp³-hybridized carbons (Fsp3) is 0.200. The smallest absolute Gasteiger partial charge is 0.0794 e. The van der Waals surface area contributed by atoms with Crippen molar-refractivity contribution in [2.75, 3.05) is 0 Å². The Hall–Kier alpha value is -1.30. The number of pyridine rings is 1. The van der Waals surface area contributed by atoms with Gasteiger partial charge in [0, 0.05) is 29.9 Å². The summed E-state index contributed by atoms with van der Waals surface area (Å²) in [6, 6.07) is 4.02. The Morgan fingerprint density at radius 1 is 1.40 bits per heavy atom. The van der Waals surface area contributed by atoms with Gasteiger partial charge in [-0.2, -0.15) is 0 Å². The number of rotatable bonds is 4. The normalized spacial score (nSPS) is 12.6. The summed E-state index contributed by atoms with van der Waals surface area (Å²) in [7, 11) is 0. The summed E-state index contributed by atoms with van der Waals surface area (Å²) in [4.78, 5) is 9.32. The number of aromatic nitrogens is 2. The van der Waals surface area contributed by atoms with Gasteiger partial charge in [-0.1, -0.05) is 6.07 Å². The lowest BCUT2D eigenvalue weighted by atomic mass is 10.1. The number of hydrogen-bond acceptors (Lipinski definition) is 5. The van der Waals surface area contributed by atoms with Crippen molar-refractivity contribution in [1.82, 2.24) is 15.4 Å². The van der Waals surface area contributed by atoms with Gasteiger partial charge in [0.25, 0.3) is 0 Å². The van der Waals surface area contributed by atoms with Crippen LogP contribution in [-0.4, -0.2) is 9.97 Å². The first-order valence-corrected chi connectivity index (χ1v) is 5.51. The van der Waals surface area contributed by atoms with Gasteiger partial charge in [0.05, 0.1) is 11.6 Å². The maximum Gasteiger partial charge on any atom is 0.0794 e. The van der Waals surface area contributed by atoms with Gasteiger partial charge in [-0.05, 0) is 11.6 Å². The van der Waals surface area contributed by atoms with Crippen LogP contribution < -0.4 is 11.3 Å². The van der Waals surface area contributed by atoms with Gasteiger partial charge in [-0.3, -0.25) is 21.2 Å². The molecule has 3 N–H and O–H groups in total. The van der Waals surface area contributed by atoms with Crippen molar-refractivity contribution >= 4 is 11.3 Å². The molecule has 0 spiro atoms. The van der Waals surface area contributed by atoms with Crippen LogP contribution in [0.3, 0.4) is 0 Å². The average Bonchev–Trinajstić information content (AvgIpc) is 2.80. The third-order valence-electron chi connectivity index (χ3n) is 2.18. The zero-order valence-corrected chi connectivity index (χ0v) is 8.95. The standard InChI is InChI=1S/C10H12N4S/c11-14-10(4-9-6-13-7-15-9)8-2-1-3-12-5-8/h1-3,5-7,10,14H,4,11H2. The molecule has 0 aliphatic carbocycles. The van der Waals surface area contributed by atoms with Gasteiger partial charge in [0.1, 0.15) is 0 Å². The number of nitrogens with one attached hydrogen (secondary N) is 1. The fourth-order valence-corrected chi connectivity index (χ4v) is 2.04. The Labute approximate surface area is 92.2 Å². The minimum absolute atomic E-state index is 0.0964. The number of nitrogens with two attached hydrogens (primary N) is 1. The van der Waals surface area contributed by atoms with Crippen molar-refractivity contribution < 1.29 is 0 Å². The number of hydrazine groups is 1. The molecule has 0 saturated heterocycles. The van der Waals surface area contributed by atoms with E-state index >= 15 is 0 Å². The van der Waals surface area contributed by atoms with Gasteiger partial charge in [-0.25, -0.2) is 0 Å². The van der Waals surface area contributed by atoms with Crippen LogP contribution in [0.4, 0.5) is 0 Å². The van der Waals surface area contributed by atoms with Crippen molar-refractivity contribution in [3.8, 4) is 0 Å². The third kappa shape index (κ3) is 2.59. The maximum absolute atomic E-state index is 5.53. The van der Waals surface area contributed by atoms with E-state index in [0.717, 1.165) is 12.0 Å². The summed E-state index contributed by atoms with van der Waals surface area (Å²) in [5.74, 6) is 5.53.